The number of aromatic hydroxyl groups is 1. The van der Waals surface area contributed by atoms with Crippen molar-refractivity contribution in [2.75, 3.05) is 43.5 Å². The minimum atomic E-state index is -0.678. The van der Waals surface area contributed by atoms with Crippen molar-refractivity contribution in [1.29, 1.82) is 0 Å². The van der Waals surface area contributed by atoms with Crippen LogP contribution in [0.25, 0.3) is 0 Å². The van der Waals surface area contributed by atoms with E-state index in [1.54, 1.807) is 12.1 Å². The molecule has 0 fully saturated rings. The molecule has 3 aromatic carbocycles. The first-order chi connectivity index (χ1) is 20.0. The maximum atomic E-state index is 12.2. The molecule has 222 valence electrons. The highest BCUT2D eigenvalue weighted by Crippen LogP contribution is 2.22. The first-order valence-corrected chi connectivity index (χ1v) is 14.2. The number of aliphatic hydroxyl groups excluding tert-OH is 2. The zero-order valence-electron chi connectivity index (χ0n) is 23.6. The lowest BCUT2D eigenvalue weighted by Gasteiger charge is -2.14. The van der Waals surface area contributed by atoms with Crippen molar-refractivity contribution < 1.29 is 29.6 Å². The Balaban J connectivity index is 1.13. The zero-order chi connectivity index (χ0) is 29.1. The number of unbranched alkanes of at least 4 members (excludes halogenated alkanes) is 4. The summed E-state index contributed by atoms with van der Waals surface area (Å²) in [6.07, 6.45) is 4.73. The molecule has 9 heteroatoms. The van der Waals surface area contributed by atoms with Gasteiger partial charge in [-0.15, -0.1) is 0 Å². The highest BCUT2D eigenvalue weighted by atomic mass is 16.5. The summed E-state index contributed by atoms with van der Waals surface area (Å²) in [5, 5.41) is 38.1. The van der Waals surface area contributed by atoms with E-state index in [9.17, 15) is 20.1 Å². The second-order valence-corrected chi connectivity index (χ2v) is 9.84. The molecule has 3 rings (SSSR count). The van der Waals surface area contributed by atoms with Gasteiger partial charge in [0, 0.05) is 30.1 Å². The van der Waals surface area contributed by atoms with E-state index in [1.165, 1.54) is 6.07 Å². The van der Waals surface area contributed by atoms with Gasteiger partial charge in [-0.25, -0.2) is 4.79 Å². The summed E-state index contributed by atoms with van der Waals surface area (Å²) in [5.74, 6) is 0.0363. The number of rotatable bonds is 19. The number of aliphatic hydroxyl groups is 2. The van der Waals surface area contributed by atoms with Gasteiger partial charge >= 0.3 is 6.03 Å². The van der Waals surface area contributed by atoms with Gasteiger partial charge in [0.15, 0.2) is 0 Å². The number of benzene rings is 3. The number of carbonyl (C=O) groups is 1. The van der Waals surface area contributed by atoms with Crippen LogP contribution in [0.4, 0.5) is 16.2 Å². The van der Waals surface area contributed by atoms with Gasteiger partial charge in [-0.05, 0) is 66.9 Å². The van der Waals surface area contributed by atoms with E-state index in [2.05, 4.69) is 16.0 Å². The molecule has 0 saturated carbocycles. The second-order valence-electron chi connectivity index (χ2n) is 9.84. The zero-order valence-corrected chi connectivity index (χ0v) is 23.6. The van der Waals surface area contributed by atoms with Gasteiger partial charge in [-0.3, -0.25) is 0 Å². The largest absolute Gasteiger partial charge is 0.508 e. The van der Waals surface area contributed by atoms with Crippen molar-refractivity contribution in [3.8, 4) is 5.75 Å². The van der Waals surface area contributed by atoms with E-state index in [1.807, 2.05) is 54.6 Å². The van der Waals surface area contributed by atoms with Gasteiger partial charge in [0.05, 0.1) is 32.5 Å². The predicted molar refractivity (Wildman–Crippen MR) is 161 cm³/mol. The fourth-order valence-corrected chi connectivity index (χ4v) is 4.24. The molecule has 1 atom stereocenters. The number of amides is 2. The van der Waals surface area contributed by atoms with Crippen LogP contribution in [0.15, 0.2) is 72.8 Å². The number of phenols is 1. The lowest BCUT2D eigenvalue weighted by Crippen LogP contribution is -2.22. The highest BCUT2D eigenvalue weighted by Gasteiger charge is 2.10. The van der Waals surface area contributed by atoms with Gasteiger partial charge in [0.2, 0.25) is 0 Å². The van der Waals surface area contributed by atoms with E-state index in [4.69, 9.17) is 9.47 Å². The molecule has 0 unspecified atom stereocenters. The summed E-state index contributed by atoms with van der Waals surface area (Å²) in [6.45, 7) is 3.22. The van der Waals surface area contributed by atoms with Crippen LogP contribution in [-0.4, -0.2) is 54.3 Å². The van der Waals surface area contributed by atoms with Crippen molar-refractivity contribution in [3.05, 3.63) is 89.5 Å². The number of para-hydroxylation sites is 1. The van der Waals surface area contributed by atoms with Crippen LogP contribution in [-0.2, 0) is 22.7 Å². The average Bonchev–Trinajstić information content (AvgIpc) is 2.98. The maximum absolute atomic E-state index is 12.2. The van der Waals surface area contributed by atoms with Crippen molar-refractivity contribution >= 4 is 17.4 Å². The van der Waals surface area contributed by atoms with Crippen LogP contribution in [0.5, 0.6) is 5.75 Å². The number of anilines is 2. The van der Waals surface area contributed by atoms with Crippen molar-refractivity contribution in [2.45, 2.75) is 51.4 Å². The summed E-state index contributed by atoms with van der Waals surface area (Å²) in [6, 6.07) is 21.4. The Morgan fingerprint density at radius 1 is 0.780 bits per heavy atom. The Bertz CT molecular complexity index is 1160. The van der Waals surface area contributed by atoms with E-state index in [-0.39, 0.29) is 18.4 Å². The molecule has 0 aliphatic heterocycles. The molecule has 0 radical (unpaired) electrons. The van der Waals surface area contributed by atoms with E-state index >= 15 is 0 Å². The summed E-state index contributed by atoms with van der Waals surface area (Å²) in [4.78, 5) is 12.2. The van der Waals surface area contributed by atoms with Crippen LogP contribution in [0, 0.1) is 0 Å². The first-order valence-electron chi connectivity index (χ1n) is 14.2. The molecule has 0 aliphatic rings. The number of urea groups is 1. The molecular formula is C32H43N3O6. The molecule has 0 heterocycles. The number of hydrogen-bond donors (Lipinski definition) is 6. The molecule has 0 aliphatic carbocycles. The third-order valence-electron chi connectivity index (χ3n) is 6.50. The van der Waals surface area contributed by atoms with Gasteiger partial charge < -0.3 is 40.7 Å². The molecule has 41 heavy (non-hydrogen) atoms. The van der Waals surface area contributed by atoms with Crippen LogP contribution in [0.2, 0.25) is 0 Å². The van der Waals surface area contributed by atoms with Crippen molar-refractivity contribution in [3.63, 3.8) is 0 Å². The molecular weight excluding hydrogens is 522 g/mol. The molecule has 9 nitrogen and oxygen atoms in total. The summed E-state index contributed by atoms with van der Waals surface area (Å²) < 4.78 is 11.4. The summed E-state index contributed by atoms with van der Waals surface area (Å²) in [7, 11) is 0. The Kier molecular flexibility index (Phi) is 14.7. The molecule has 0 spiro atoms. The third-order valence-corrected chi connectivity index (χ3v) is 6.50. The normalized spacial score (nSPS) is 11.8. The maximum Gasteiger partial charge on any atom is 0.323 e. The predicted octanol–water partition coefficient (Wildman–Crippen LogP) is 5.34. The van der Waals surface area contributed by atoms with E-state index < -0.39 is 6.10 Å². The SMILES string of the molecule is O=C(Nc1ccccc1)Nc1cccc(COCCOCCCCCCCNC[C@H](O)c2ccc(O)c(CO)c2)c1. The minimum Gasteiger partial charge on any atom is -0.508 e. The Morgan fingerprint density at radius 3 is 2.34 bits per heavy atom. The molecule has 6 N–H and O–H groups in total. The van der Waals surface area contributed by atoms with Crippen LogP contribution >= 0.6 is 0 Å². The smallest absolute Gasteiger partial charge is 0.323 e. The van der Waals surface area contributed by atoms with Gasteiger partial charge in [-0.2, -0.15) is 0 Å². The lowest BCUT2D eigenvalue weighted by atomic mass is 10.1. The Morgan fingerprint density at radius 2 is 1.51 bits per heavy atom. The number of nitrogens with one attached hydrogen (secondary N) is 3. The molecule has 2 amide bonds. The van der Waals surface area contributed by atoms with Crippen LogP contribution < -0.4 is 16.0 Å². The monoisotopic (exact) mass is 565 g/mol. The fourth-order valence-electron chi connectivity index (χ4n) is 4.24. The topological polar surface area (TPSA) is 132 Å². The van der Waals surface area contributed by atoms with Gasteiger partial charge in [0.1, 0.15) is 5.75 Å². The molecule has 0 aromatic heterocycles. The number of carbonyl (C=O) groups excluding carboxylic acids is 1. The van der Waals surface area contributed by atoms with Gasteiger partial charge in [0.25, 0.3) is 0 Å². The minimum absolute atomic E-state index is 0.0363. The first kappa shape index (κ1) is 32.0. The van der Waals surface area contributed by atoms with Crippen LogP contribution in [0.3, 0.4) is 0 Å². The third kappa shape index (κ3) is 12.7. The second kappa shape index (κ2) is 18.8. The Labute approximate surface area is 242 Å². The van der Waals surface area contributed by atoms with Gasteiger partial charge in [-0.1, -0.05) is 55.7 Å². The summed E-state index contributed by atoms with van der Waals surface area (Å²) >= 11 is 0. The molecule has 0 bridgehead atoms. The lowest BCUT2D eigenvalue weighted by molar-refractivity contribution is 0.0393. The van der Waals surface area contributed by atoms with E-state index in [0.717, 1.165) is 49.9 Å². The quantitative estimate of drug-likeness (QED) is 0.108. The fraction of sp³-hybridized carbons (Fsp3) is 0.406. The van der Waals surface area contributed by atoms with Crippen LogP contribution in [0.1, 0.15) is 54.9 Å². The molecule has 0 saturated heterocycles. The standard InChI is InChI=1S/C32H43N3O6/c36-23-27-21-26(14-15-30(27)37)31(38)22-33-16-7-2-1-3-8-17-40-18-19-41-24-25-10-9-13-29(20-25)35-32(39)34-28-11-5-4-6-12-28/h4-6,9-15,20-21,31,33,36-38H,1-3,7-8,16-19,22-24H2,(H2,34,35,39)/t31-/m0/s1. The molecule has 3 aromatic rings. The van der Waals surface area contributed by atoms with E-state index in [0.29, 0.717) is 49.8 Å². The number of ether oxygens (including phenoxy) is 2. The van der Waals surface area contributed by atoms with Crippen molar-refractivity contribution in [2.24, 2.45) is 0 Å². The Hall–Kier alpha value is -3.47. The average molecular weight is 566 g/mol. The highest BCUT2D eigenvalue weighted by molar-refractivity contribution is 5.99. The number of hydrogen-bond acceptors (Lipinski definition) is 7. The van der Waals surface area contributed by atoms with Crippen molar-refractivity contribution in [1.82, 2.24) is 5.32 Å². The summed E-state index contributed by atoms with van der Waals surface area (Å²) in [5.41, 5.74) is 3.51.